The van der Waals surface area contributed by atoms with Gasteiger partial charge in [-0.2, -0.15) is 0 Å². The number of rotatable bonds is 9. The van der Waals surface area contributed by atoms with E-state index in [2.05, 4.69) is 5.32 Å². The number of carbonyl (C=O) groups is 2. The summed E-state index contributed by atoms with van der Waals surface area (Å²) >= 11 is 12.8. The van der Waals surface area contributed by atoms with E-state index in [0.717, 1.165) is 11.1 Å². The zero-order valence-electron chi connectivity index (χ0n) is 18.6. The zero-order valence-corrected chi connectivity index (χ0v) is 20.1. The van der Waals surface area contributed by atoms with Crippen LogP contribution in [0.5, 0.6) is 5.75 Å². The standard InChI is InChI=1S/C26H26Cl2N2O3/c1-18-9-6-7-14-24(18)33-17-25(31)30(16-20-21(27)12-8-13-22(20)28)23(26(32)29-2)15-19-10-4-3-5-11-19/h3-14,23H,15-17H2,1-2H3,(H,29,32)/t23-/m1/s1. The van der Waals surface area contributed by atoms with Gasteiger partial charge in [-0.05, 0) is 36.2 Å². The molecule has 7 heteroatoms. The van der Waals surface area contributed by atoms with Crippen LogP contribution in [0, 0.1) is 6.92 Å². The molecule has 0 aromatic heterocycles. The summed E-state index contributed by atoms with van der Waals surface area (Å²) in [5.74, 6) is -0.0221. The van der Waals surface area contributed by atoms with Crippen molar-refractivity contribution in [1.29, 1.82) is 0 Å². The first kappa shape index (κ1) is 24.6. The van der Waals surface area contributed by atoms with Crippen LogP contribution in [-0.4, -0.2) is 36.4 Å². The highest BCUT2D eigenvalue weighted by molar-refractivity contribution is 6.36. The van der Waals surface area contributed by atoms with Crippen molar-refractivity contribution in [3.63, 3.8) is 0 Å². The number of ether oxygens (including phenoxy) is 1. The number of amides is 2. The van der Waals surface area contributed by atoms with Gasteiger partial charge in [-0.15, -0.1) is 0 Å². The van der Waals surface area contributed by atoms with Crippen molar-refractivity contribution in [1.82, 2.24) is 10.2 Å². The predicted molar refractivity (Wildman–Crippen MR) is 132 cm³/mol. The number of likely N-dealkylation sites (N-methyl/N-ethyl adjacent to an activating group) is 1. The minimum absolute atomic E-state index is 0.0688. The lowest BCUT2D eigenvalue weighted by atomic mass is 10.0. The van der Waals surface area contributed by atoms with Crippen LogP contribution < -0.4 is 10.1 Å². The molecule has 0 radical (unpaired) electrons. The highest BCUT2D eigenvalue weighted by Gasteiger charge is 2.31. The summed E-state index contributed by atoms with van der Waals surface area (Å²) in [4.78, 5) is 27.9. The lowest BCUT2D eigenvalue weighted by Gasteiger charge is -2.31. The fourth-order valence-electron chi connectivity index (χ4n) is 3.52. The van der Waals surface area contributed by atoms with E-state index in [0.29, 0.717) is 27.8 Å². The fourth-order valence-corrected chi connectivity index (χ4v) is 4.03. The number of aryl methyl sites for hydroxylation is 1. The van der Waals surface area contributed by atoms with E-state index in [4.69, 9.17) is 27.9 Å². The molecule has 3 aromatic carbocycles. The van der Waals surface area contributed by atoms with Crippen LogP contribution in [0.1, 0.15) is 16.7 Å². The second-order valence-electron chi connectivity index (χ2n) is 7.60. The third-order valence-corrected chi connectivity index (χ3v) is 6.06. The molecule has 3 rings (SSSR count). The minimum Gasteiger partial charge on any atom is -0.484 e. The molecule has 0 aliphatic heterocycles. The SMILES string of the molecule is CNC(=O)[C@@H](Cc1ccccc1)N(Cc1c(Cl)cccc1Cl)C(=O)COc1ccccc1C. The van der Waals surface area contributed by atoms with Crippen LogP contribution in [-0.2, 0) is 22.6 Å². The topological polar surface area (TPSA) is 58.6 Å². The number of nitrogens with one attached hydrogen (secondary N) is 1. The Balaban J connectivity index is 1.93. The Hall–Kier alpha value is -3.02. The van der Waals surface area contributed by atoms with Gasteiger partial charge in [-0.1, -0.05) is 77.8 Å². The van der Waals surface area contributed by atoms with Gasteiger partial charge in [0.15, 0.2) is 6.61 Å². The molecule has 1 N–H and O–H groups in total. The molecule has 172 valence electrons. The Bertz CT molecular complexity index is 1090. The number of hydrogen-bond donors (Lipinski definition) is 1. The maximum absolute atomic E-state index is 13.4. The molecule has 0 aliphatic rings. The van der Waals surface area contributed by atoms with Gasteiger partial charge < -0.3 is 15.0 Å². The molecule has 0 bridgehead atoms. The Morgan fingerprint density at radius 2 is 1.58 bits per heavy atom. The highest BCUT2D eigenvalue weighted by atomic mass is 35.5. The van der Waals surface area contributed by atoms with E-state index < -0.39 is 6.04 Å². The molecule has 0 saturated heterocycles. The van der Waals surface area contributed by atoms with Crippen LogP contribution in [0.4, 0.5) is 0 Å². The Morgan fingerprint density at radius 3 is 2.21 bits per heavy atom. The first-order valence-electron chi connectivity index (χ1n) is 10.6. The van der Waals surface area contributed by atoms with E-state index in [1.165, 1.54) is 4.90 Å². The van der Waals surface area contributed by atoms with Crippen LogP contribution in [0.3, 0.4) is 0 Å². The molecule has 0 fully saturated rings. The first-order chi connectivity index (χ1) is 15.9. The van der Waals surface area contributed by atoms with Crippen molar-refractivity contribution in [3.05, 3.63) is 99.5 Å². The smallest absolute Gasteiger partial charge is 0.261 e. The summed E-state index contributed by atoms with van der Waals surface area (Å²) in [5, 5.41) is 3.53. The normalized spacial score (nSPS) is 11.5. The van der Waals surface area contributed by atoms with Crippen molar-refractivity contribution >= 4 is 35.0 Å². The summed E-state index contributed by atoms with van der Waals surface area (Å²) < 4.78 is 5.80. The zero-order chi connectivity index (χ0) is 23.8. The minimum atomic E-state index is -0.780. The molecular weight excluding hydrogens is 459 g/mol. The van der Waals surface area contributed by atoms with Crippen LogP contribution in [0.2, 0.25) is 10.0 Å². The molecule has 33 heavy (non-hydrogen) atoms. The van der Waals surface area contributed by atoms with Gasteiger partial charge in [0.05, 0.1) is 0 Å². The molecular formula is C26H26Cl2N2O3. The third-order valence-electron chi connectivity index (χ3n) is 5.35. The van der Waals surface area contributed by atoms with Gasteiger partial charge >= 0.3 is 0 Å². The largest absolute Gasteiger partial charge is 0.484 e. The number of halogens is 2. The van der Waals surface area contributed by atoms with E-state index in [1.807, 2.05) is 55.5 Å². The number of hydrogen-bond acceptors (Lipinski definition) is 3. The molecule has 5 nitrogen and oxygen atoms in total. The number of para-hydroxylation sites is 1. The summed E-state index contributed by atoms with van der Waals surface area (Å²) in [6.07, 6.45) is 0.332. The lowest BCUT2D eigenvalue weighted by molar-refractivity contribution is -0.142. The van der Waals surface area contributed by atoms with Gasteiger partial charge in [-0.25, -0.2) is 0 Å². The maximum Gasteiger partial charge on any atom is 0.261 e. The van der Waals surface area contributed by atoms with Crippen molar-refractivity contribution in [3.8, 4) is 5.75 Å². The van der Waals surface area contributed by atoms with Crippen LogP contribution in [0.15, 0.2) is 72.8 Å². The van der Waals surface area contributed by atoms with E-state index in [9.17, 15) is 9.59 Å². The van der Waals surface area contributed by atoms with Crippen molar-refractivity contribution in [2.75, 3.05) is 13.7 Å². The summed E-state index contributed by atoms with van der Waals surface area (Å²) in [6, 6.07) is 21.4. The van der Waals surface area contributed by atoms with Gasteiger partial charge in [0.25, 0.3) is 5.91 Å². The highest BCUT2D eigenvalue weighted by Crippen LogP contribution is 2.27. The average molecular weight is 485 g/mol. The van der Waals surface area contributed by atoms with Crippen LogP contribution in [0.25, 0.3) is 0 Å². The van der Waals surface area contributed by atoms with Gasteiger partial charge in [0, 0.05) is 35.6 Å². The molecule has 2 amide bonds. The molecule has 0 saturated carbocycles. The van der Waals surface area contributed by atoms with Gasteiger partial charge in [-0.3, -0.25) is 9.59 Å². The predicted octanol–water partition coefficient (Wildman–Crippen LogP) is 5.07. The molecule has 0 unspecified atom stereocenters. The second-order valence-corrected chi connectivity index (χ2v) is 8.41. The molecule has 0 spiro atoms. The number of carbonyl (C=O) groups excluding carboxylic acids is 2. The van der Waals surface area contributed by atoms with E-state index in [1.54, 1.807) is 31.3 Å². The van der Waals surface area contributed by atoms with Crippen molar-refractivity contribution in [2.24, 2.45) is 0 Å². The number of benzene rings is 3. The molecule has 0 aliphatic carbocycles. The van der Waals surface area contributed by atoms with Gasteiger partial charge in [0.1, 0.15) is 11.8 Å². The molecule has 0 heterocycles. The summed E-state index contributed by atoms with van der Waals surface area (Å²) in [5.41, 5.74) is 2.42. The van der Waals surface area contributed by atoms with Crippen LogP contribution >= 0.6 is 23.2 Å². The van der Waals surface area contributed by atoms with Gasteiger partial charge in [0.2, 0.25) is 5.91 Å². The average Bonchev–Trinajstić information content (AvgIpc) is 2.82. The molecule has 1 atom stereocenters. The Labute approximate surface area is 204 Å². The maximum atomic E-state index is 13.4. The summed E-state index contributed by atoms with van der Waals surface area (Å²) in [7, 11) is 1.55. The lowest BCUT2D eigenvalue weighted by Crippen LogP contribution is -2.51. The van der Waals surface area contributed by atoms with E-state index >= 15 is 0 Å². The Morgan fingerprint density at radius 1 is 0.939 bits per heavy atom. The molecule has 3 aromatic rings. The quantitative estimate of drug-likeness (QED) is 0.461. The fraction of sp³-hybridized carbons (Fsp3) is 0.231. The summed E-state index contributed by atoms with van der Waals surface area (Å²) in [6.45, 7) is 1.75. The number of nitrogens with zero attached hydrogens (tertiary/aromatic N) is 1. The second kappa shape index (κ2) is 11.7. The monoisotopic (exact) mass is 484 g/mol. The van der Waals surface area contributed by atoms with E-state index in [-0.39, 0.29) is 25.0 Å². The van der Waals surface area contributed by atoms with Crippen molar-refractivity contribution in [2.45, 2.75) is 25.9 Å². The first-order valence-corrected chi connectivity index (χ1v) is 11.3. The third kappa shape index (κ3) is 6.50. The van der Waals surface area contributed by atoms with Crippen molar-refractivity contribution < 1.29 is 14.3 Å². The Kier molecular flexibility index (Phi) is 8.75.